The highest BCUT2D eigenvalue weighted by Gasteiger charge is 2.24. The Morgan fingerprint density at radius 1 is 1.40 bits per heavy atom. The molecule has 2 atom stereocenters. The topological polar surface area (TPSA) is 12.9 Å². The Morgan fingerprint density at radius 2 is 2.07 bits per heavy atom. The SMILES string of the molecule is CCC(CC(C)C(C)(C)C)c1nccs1. The van der Waals surface area contributed by atoms with Crippen LogP contribution in [0.2, 0.25) is 0 Å². The summed E-state index contributed by atoms with van der Waals surface area (Å²) >= 11 is 1.80. The summed E-state index contributed by atoms with van der Waals surface area (Å²) in [7, 11) is 0. The quantitative estimate of drug-likeness (QED) is 0.723. The van der Waals surface area contributed by atoms with Gasteiger partial charge in [0.05, 0.1) is 5.01 Å². The van der Waals surface area contributed by atoms with E-state index in [2.05, 4.69) is 45.0 Å². The highest BCUT2D eigenvalue weighted by Crippen LogP contribution is 2.36. The fourth-order valence-electron chi connectivity index (χ4n) is 1.66. The van der Waals surface area contributed by atoms with Crippen molar-refractivity contribution in [3.8, 4) is 0 Å². The number of thiazole rings is 1. The minimum atomic E-state index is 0.407. The van der Waals surface area contributed by atoms with E-state index in [1.807, 2.05) is 6.20 Å². The van der Waals surface area contributed by atoms with Crippen molar-refractivity contribution >= 4 is 11.3 Å². The van der Waals surface area contributed by atoms with Gasteiger partial charge in [-0.05, 0) is 24.2 Å². The second-order valence-corrected chi connectivity index (χ2v) is 6.40. The van der Waals surface area contributed by atoms with E-state index in [0.717, 1.165) is 5.92 Å². The second-order valence-electron chi connectivity index (χ2n) is 5.48. The molecule has 1 nitrogen and oxygen atoms in total. The van der Waals surface area contributed by atoms with Crippen molar-refractivity contribution < 1.29 is 0 Å². The van der Waals surface area contributed by atoms with Crippen LogP contribution < -0.4 is 0 Å². The Balaban J connectivity index is 2.63. The van der Waals surface area contributed by atoms with Gasteiger partial charge in [-0.2, -0.15) is 0 Å². The maximum atomic E-state index is 4.44. The monoisotopic (exact) mass is 225 g/mol. The summed E-state index contributed by atoms with van der Waals surface area (Å²) < 4.78 is 0. The third-order valence-corrected chi connectivity index (χ3v) is 4.35. The van der Waals surface area contributed by atoms with Gasteiger partial charge in [0.25, 0.3) is 0 Å². The third kappa shape index (κ3) is 3.60. The third-order valence-electron chi connectivity index (χ3n) is 3.41. The first-order valence-electron chi connectivity index (χ1n) is 5.84. The molecule has 1 rings (SSSR count). The average molecular weight is 225 g/mol. The lowest BCUT2D eigenvalue weighted by Crippen LogP contribution is -2.19. The van der Waals surface area contributed by atoms with Crippen LogP contribution >= 0.6 is 11.3 Å². The molecular formula is C13H23NS. The highest BCUT2D eigenvalue weighted by molar-refractivity contribution is 7.09. The molecular weight excluding hydrogens is 202 g/mol. The van der Waals surface area contributed by atoms with Crippen LogP contribution in [0.25, 0.3) is 0 Å². The zero-order valence-corrected chi connectivity index (χ0v) is 11.4. The molecule has 0 radical (unpaired) electrons. The van der Waals surface area contributed by atoms with Gasteiger partial charge in [0.2, 0.25) is 0 Å². The van der Waals surface area contributed by atoms with E-state index in [9.17, 15) is 0 Å². The van der Waals surface area contributed by atoms with Crippen molar-refractivity contribution in [2.75, 3.05) is 0 Å². The van der Waals surface area contributed by atoms with Crippen molar-refractivity contribution in [3.05, 3.63) is 16.6 Å². The van der Waals surface area contributed by atoms with E-state index in [0.29, 0.717) is 11.3 Å². The summed E-state index contributed by atoms with van der Waals surface area (Å²) in [4.78, 5) is 4.44. The minimum Gasteiger partial charge on any atom is -0.249 e. The molecule has 0 aromatic carbocycles. The van der Waals surface area contributed by atoms with E-state index in [-0.39, 0.29) is 0 Å². The van der Waals surface area contributed by atoms with E-state index in [4.69, 9.17) is 0 Å². The molecule has 0 aliphatic carbocycles. The van der Waals surface area contributed by atoms with Crippen LogP contribution in [0.1, 0.15) is 58.4 Å². The van der Waals surface area contributed by atoms with E-state index in [1.165, 1.54) is 17.8 Å². The maximum absolute atomic E-state index is 4.44. The van der Waals surface area contributed by atoms with Crippen LogP contribution in [-0.2, 0) is 0 Å². The van der Waals surface area contributed by atoms with Crippen LogP contribution in [0.4, 0.5) is 0 Å². The van der Waals surface area contributed by atoms with Gasteiger partial charge >= 0.3 is 0 Å². The number of hydrogen-bond donors (Lipinski definition) is 0. The summed E-state index contributed by atoms with van der Waals surface area (Å²) in [5.41, 5.74) is 0.407. The molecule has 0 aliphatic rings. The molecule has 0 fully saturated rings. The Morgan fingerprint density at radius 3 is 2.47 bits per heavy atom. The van der Waals surface area contributed by atoms with Crippen molar-refractivity contribution in [3.63, 3.8) is 0 Å². The molecule has 0 amide bonds. The Hall–Kier alpha value is -0.370. The molecule has 1 aromatic heterocycles. The lowest BCUT2D eigenvalue weighted by atomic mass is 9.77. The lowest BCUT2D eigenvalue weighted by molar-refractivity contribution is 0.231. The van der Waals surface area contributed by atoms with Gasteiger partial charge in [0, 0.05) is 17.5 Å². The lowest BCUT2D eigenvalue weighted by Gasteiger charge is -2.29. The van der Waals surface area contributed by atoms with Crippen LogP contribution in [0, 0.1) is 11.3 Å². The molecule has 0 N–H and O–H groups in total. The van der Waals surface area contributed by atoms with Crippen molar-refractivity contribution in [1.82, 2.24) is 4.98 Å². The zero-order valence-electron chi connectivity index (χ0n) is 10.6. The minimum absolute atomic E-state index is 0.407. The number of nitrogens with zero attached hydrogens (tertiary/aromatic N) is 1. The van der Waals surface area contributed by atoms with Gasteiger partial charge in [-0.15, -0.1) is 11.3 Å². The molecule has 2 heteroatoms. The molecule has 0 saturated carbocycles. The molecule has 0 saturated heterocycles. The summed E-state index contributed by atoms with van der Waals surface area (Å²) in [5.74, 6) is 1.39. The van der Waals surface area contributed by atoms with Crippen LogP contribution in [0.15, 0.2) is 11.6 Å². The standard InChI is InChI=1S/C13H23NS/c1-6-11(12-14-7-8-15-12)9-10(2)13(3,4)5/h7-8,10-11H,6,9H2,1-5H3. The first-order chi connectivity index (χ1) is 6.95. The Kier molecular flexibility index (Phi) is 4.32. The molecule has 0 bridgehead atoms. The molecule has 0 aliphatic heterocycles. The van der Waals surface area contributed by atoms with Gasteiger partial charge in [-0.1, -0.05) is 34.6 Å². The molecule has 15 heavy (non-hydrogen) atoms. The molecule has 1 aromatic rings. The predicted molar refractivity (Wildman–Crippen MR) is 68.4 cm³/mol. The van der Waals surface area contributed by atoms with Crippen LogP contribution in [0.5, 0.6) is 0 Å². The summed E-state index contributed by atoms with van der Waals surface area (Å²) in [6, 6.07) is 0. The smallest absolute Gasteiger partial charge is 0.0955 e. The fraction of sp³-hybridized carbons (Fsp3) is 0.769. The number of rotatable bonds is 4. The summed E-state index contributed by atoms with van der Waals surface area (Å²) in [6.07, 6.45) is 4.38. The molecule has 86 valence electrons. The highest BCUT2D eigenvalue weighted by atomic mass is 32.1. The largest absolute Gasteiger partial charge is 0.249 e. The molecule has 2 unspecified atom stereocenters. The van der Waals surface area contributed by atoms with Gasteiger partial charge in [-0.25, -0.2) is 4.98 Å². The average Bonchev–Trinajstić information content (AvgIpc) is 2.64. The number of hydrogen-bond acceptors (Lipinski definition) is 2. The molecule has 0 spiro atoms. The van der Waals surface area contributed by atoms with Crippen LogP contribution in [0.3, 0.4) is 0 Å². The molecule has 1 heterocycles. The van der Waals surface area contributed by atoms with Gasteiger partial charge in [-0.3, -0.25) is 0 Å². The zero-order chi connectivity index (χ0) is 11.5. The van der Waals surface area contributed by atoms with Crippen molar-refractivity contribution in [2.24, 2.45) is 11.3 Å². The van der Waals surface area contributed by atoms with Crippen molar-refractivity contribution in [1.29, 1.82) is 0 Å². The van der Waals surface area contributed by atoms with Crippen molar-refractivity contribution in [2.45, 2.75) is 53.4 Å². The van der Waals surface area contributed by atoms with Gasteiger partial charge in [0.1, 0.15) is 0 Å². The van der Waals surface area contributed by atoms with Crippen LogP contribution in [-0.4, -0.2) is 4.98 Å². The summed E-state index contributed by atoms with van der Waals surface area (Å²) in [6.45, 7) is 11.6. The predicted octanol–water partition coefficient (Wildman–Crippen LogP) is 4.71. The van der Waals surface area contributed by atoms with E-state index < -0.39 is 0 Å². The fourth-order valence-corrected chi connectivity index (χ4v) is 2.50. The van der Waals surface area contributed by atoms with E-state index in [1.54, 1.807) is 11.3 Å². The van der Waals surface area contributed by atoms with Gasteiger partial charge < -0.3 is 0 Å². The Labute approximate surface area is 97.9 Å². The number of aromatic nitrogens is 1. The second kappa shape index (κ2) is 5.11. The normalized spacial score (nSPS) is 16.3. The first-order valence-corrected chi connectivity index (χ1v) is 6.72. The van der Waals surface area contributed by atoms with Gasteiger partial charge in [0.15, 0.2) is 0 Å². The summed E-state index contributed by atoms with van der Waals surface area (Å²) in [5, 5.41) is 3.40. The first kappa shape index (κ1) is 12.7. The maximum Gasteiger partial charge on any atom is 0.0955 e. The Bertz CT molecular complexity index is 271. The van der Waals surface area contributed by atoms with E-state index >= 15 is 0 Å².